The Kier molecular flexibility index (Phi) is 7.34. The van der Waals surface area contributed by atoms with Gasteiger partial charge in [-0.1, -0.05) is 36.9 Å². The van der Waals surface area contributed by atoms with E-state index in [2.05, 4.69) is 27.8 Å². The van der Waals surface area contributed by atoms with Crippen molar-refractivity contribution < 1.29 is 19.1 Å². The minimum Gasteiger partial charge on any atom is -0.489 e. The highest BCUT2D eigenvalue weighted by Gasteiger charge is 2.58. The van der Waals surface area contributed by atoms with E-state index >= 15 is 0 Å². The molecule has 3 aliphatic rings. The van der Waals surface area contributed by atoms with Gasteiger partial charge < -0.3 is 14.8 Å². The number of nitrogens with one attached hydrogen (secondary N) is 1. The van der Waals surface area contributed by atoms with E-state index in [0.717, 1.165) is 56.6 Å². The molecule has 3 aliphatic heterocycles. The van der Waals surface area contributed by atoms with Gasteiger partial charge in [-0.2, -0.15) is 0 Å². The second kappa shape index (κ2) is 10.8. The minimum absolute atomic E-state index is 0.0538. The first-order chi connectivity index (χ1) is 17.6. The average Bonchev–Trinajstić information content (AvgIpc) is 3.52. The highest BCUT2D eigenvalue weighted by atomic mass is 16.5. The predicted octanol–water partition coefficient (Wildman–Crippen LogP) is 3.48. The minimum atomic E-state index is -1.14. The SMILES string of the molecule is C=CCOc1ccccc1CN1CCC([C@]2(c3ccccn3)NC(=O)N(C[C@@H]3CCCO3)C2=O)CC1. The predicted molar refractivity (Wildman–Crippen MR) is 135 cm³/mol. The number of urea groups is 1. The van der Waals surface area contributed by atoms with Crippen molar-refractivity contribution in [3.05, 3.63) is 72.6 Å². The molecule has 5 rings (SSSR count). The zero-order valence-corrected chi connectivity index (χ0v) is 20.6. The quantitative estimate of drug-likeness (QED) is 0.428. The van der Waals surface area contributed by atoms with Gasteiger partial charge in [0.05, 0.1) is 18.3 Å². The summed E-state index contributed by atoms with van der Waals surface area (Å²) in [4.78, 5) is 35.3. The number of carbonyl (C=O) groups excluding carboxylic acids is 2. The number of carbonyl (C=O) groups is 2. The lowest BCUT2D eigenvalue weighted by Crippen LogP contribution is -2.54. The molecule has 0 spiro atoms. The Morgan fingerprint density at radius 2 is 1.94 bits per heavy atom. The maximum absolute atomic E-state index is 14.0. The molecule has 4 heterocycles. The number of hydrogen-bond acceptors (Lipinski definition) is 6. The van der Waals surface area contributed by atoms with E-state index < -0.39 is 5.54 Å². The number of piperidine rings is 1. The molecule has 0 radical (unpaired) electrons. The number of nitrogens with zero attached hydrogens (tertiary/aromatic N) is 3. The third-order valence-corrected chi connectivity index (χ3v) is 7.53. The average molecular weight is 491 g/mol. The molecule has 0 bridgehead atoms. The number of hydrogen-bond donors (Lipinski definition) is 1. The van der Waals surface area contributed by atoms with Crippen molar-refractivity contribution in [3.63, 3.8) is 0 Å². The van der Waals surface area contributed by atoms with Crippen molar-refractivity contribution in [2.24, 2.45) is 5.92 Å². The van der Waals surface area contributed by atoms with Gasteiger partial charge in [-0.15, -0.1) is 0 Å². The highest BCUT2D eigenvalue weighted by Crippen LogP contribution is 2.41. The summed E-state index contributed by atoms with van der Waals surface area (Å²) in [6.07, 6.45) is 6.70. The summed E-state index contributed by atoms with van der Waals surface area (Å²) in [5.41, 5.74) is 0.596. The van der Waals surface area contributed by atoms with E-state index in [1.807, 2.05) is 36.4 Å². The number of rotatable bonds is 9. The first-order valence-corrected chi connectivity index (χ1v) is 12.8. The van der Waals surface area contributed by atoms with E-state index in [9.17, 15) is 9.59 Å². The van der Waals surface area contributed by atoms with Gasteiger partial charge in [-0.25, -0.2) is 4.79 Å². The van der Waals surface area contributed by atoms with Crippen LogP contribution in [0.2, 0.25) is 0 Å². The van der Waals surface area contributed by atoms with Crippen LogP contribution in [0.4, 0.5) is 4.79 Å². The molecule has 36 heavy (non-hydrogen) atoms. The van der Waals surface area contributed by atoms with Crippen LogP contribution in [0.3, 0.4) is 0 Å². The van der Waals surface area contributed by atoms with Crippen molar-refractivity contribution in [2.45, 2.75) is 43.9 Å². The van der Waals surface area contributed by atoms with E-state index in [0.29, 0.717) is 25.5 Å². The zero-order chi connectivity index (χ0) is 25.0. The highest BCUT2D eigenvalue weighted by molar-refractivity contribution is 6.07. The fourth-order valence-corrected chi connectivity index (χ4v) is 5.70. The van der Waals surface area contributed by atoms with E-state index in [-0.39, 0.29) is 24.0 Å². The second-order valence-corrected chi connectivity index (χ2v) is 9.76. The molecule has 8 nitrogen and oxygen atoms in total. The molecule has 3 fully saturated rings. The Labute approximate surface area is 212 Å². The van der Waals surface area contributed by atoms with Crippen molar-refractivity contribution in [1.82, 2.24) is 20.1 Å². The molecule has 2 atom stereocenters. The van der Waals surface area contributed by atoms with Crippen molar-refractivity contribution >= 4 is 11.9 Å². The molecule has 2 aromatic rings. The number of pyridine rings is 1. The topological polar surface area (TPSA) is 84.0 Å². The fourth-order valence-electron chi connectivity index (χ4n) is 5.70. The zero-order valence-electron chi connectivity index (χ0n) is 20.6. The Bertz CT molecular complexity index is 1080. The van der Waals surface area contributed by atoms with E-state index in [4.69, 9.17) is 9.47 Å². The van der Waals surface area contributed by atoms with Crippen LogP contribution in [0.1, 0.15) is 36.9 Å². The molecule has 3 amide bonds. The molecule has 1 N–H and O–H groups in total. The number of para-hydroxylation sites is 1. The Morgan fingerprint density at radius 3 is 2.67 bits per heavy atom. The number of amides is 3. The maximum Gasteiger partial charge on any atom is 0.325 e. The smallest absolute Gasteiger partial charge is 0.325 e. The lowest BCUT2D eigenvalue weighted by atomic mass is 9.75. The number of imide groups is 1. The summed E-state index contributed by atoms with van der Waals surface area (Å²) in [6.45, 7) is 7.56. The third-order valence-electron chi connectivity index (χ3n) is 7.53. The maximum atomic E-state index is 14.0. The van der Waals surface area contributed by atoms with Gasteiger partial charge in [0.1, 0.15) is 12.4 Å². The summed E-state index contributed by atoms with van der Waals surface area (Å²) in [6, 6.07) is 13.3. The number of aromatic nitrogens is 1. The Balaban J connectivity index is 1.33. The van der Waals surface area contributed by atoms with Gasteiger partial charge >= 0.3 is 6.03 Å². The van der Waals surface area contributed by atoms with Crippen LogP contribution in [0, 0.1) is 5.92 Å². The first-order valence-electron chi connectivity index (χ1n) is 12.8. The van der Waals surface area contributed by atoms with Gasteiger partial charge in [0.25, 0.3) is 5.91 Å². The number of likely N-dealkylation sites (tertiary alicyclic amines) is 1. The van der Waals surface area contributed by atoms with Gasteiger partial charge in [0.2, 0.25) is 0 Å². The van der Waals surface area contributed by atoms with Crippen molar-refractivity contribution in [3.8, 4) is 5.75 Å². The molecular weight excluding hydrogens is 456 g/mol. The molecule has 1 aromatic carbocycles. The van der Waals surface area contributed by atoms with Crippen LogP contribution < -0.4 is 10.1 Å². The summed E-state index contributed by atoms with van der Waals surface area (Å²) in [5, 5.41) is 3.10. The van der Waals surface area contributed by atoms with E-state index in [1.54, 1.807) is 12.3 Å². The largest absolute Gasteiger partial charge is 0.489 e. The molecule has 190 valence electrons. The van der Waals surface area contributed by atoms with Crippen molar-refractivity contribution in [1.29, 1.82) is 0 Å². The summed E-state index contributed by atoms with van der Waals surface area (Å²) in [5.74, 6) is 0.609. The van der Waals surface area contributed by atoms with Crippen LogP contribution in [-0.4, -0.2) is 65.7 Å². The molecule has 0 saturated carbocycles. The summed E-state index contributed by atoms with van der Waals surface area (Å²) < 4.78 is 11.6. The first kappa shape index (κ1) is 24.5. The standard InChI is InChI=1S/C28H34N4O4/c1-2-17-36-24-10-4-3-8-21(24)19-31-15-12-22(13-16-31)28(25-11-5-6-14-29-25)26(33)32(27(34)30-28)20-23-9-7-18-35-23/h2-6,8,10-11,14,22-23H,1,7,9,12-13,15-20H2,(H,30,34)/t23-,28+/m0/s1. The van der Waals surface area contributed by atoms with Gasteiger partial charge in [0, 0.05) is 24.9 Å². The number of benzene rings is 1. The van der Waals surface area contributed by atoms with Crippen molar-refractivity contribution in [2.75, 3.05) is 32.8 Å². The number of ether oxygens (including phenoxy) is 2. The Morgan fingerprint density at radius 1 is 1.14 bits per heavy atom. The molecule has 3 saturated heterocycles. The van der Waals surface area contributed by atoms with Crippen LogP contribution in [0.5, 0.6) is 5.75 Å². The van der Waals surface area contributed by atoms with Gasteiger partial charge in [-0.05, 0) is 62.9 Å². The van der Waals surface area contributed by atoms with Crippen LogP contribution in [-0.2, 0) is 21.6 Å². The Hall–Kier alpha value is -3.23. The van der Waals surface area contributed by atoms with Crippen LogP contribution >= 0.6 is 0 Å². The normalized spacial score (nSPS) is 25.2. The fraction of sp³-hybridized carbons (Fsp3) is 0.464. The van der Waals surface area contributed by atoms with Gasteiger partial charge in [0.15, 0.2) is 5.54 Å². The molecular formula is C28H34N4O4. The van der Waals surface area contributed by atoms with Crippen LogP contribution in [0.25, 0.3) is 0 Å². The second-order valence-electron chi connectivity index (χ2n) is 9.76. The third kappa shape index (κ3) is 4.75. The lowest BCUT2D eigenvalue weighted by molar-refractivity contribution is -0.135. The summed E-state index contributed by atoms with van der Waals surface area (Å²) in [7, 11) is 0. The lowest BCUT2D eigenvalue weighted by Gasteiger charge is -2.40. The van der Waals surface area contributed by atoms with Gasteiger partial charge in [-0.3, -0.25) is 19.6 Å². The summed E-state index contributed by atoms with van der Waals surface area (Å²) >= 11 is 0. The monoisotopic (exact) mass is 490 g/mol. The van der Waals surface area contributed by atoms with E-state index in [1.165, 1.54) is 4.90 Å². The molecule has 0 unspecified atom stereocenters. The molecule has 0 aliphatic carbocycles. The van der Waals surface area contributed by atoms with Crippen LogP contribution in [0.15, 0.2) is 61.3 Å². The molecule has 1 aromatic heterocycles. The molecule has 8 heteroatoms.